The van der Waals surface area contributed by atoms with Gasteiger partial charge in [0.2, 0.25) is 0 Å². The second-order valence-electron chi connectivity index (χ2n) is 7.06. The quantitative estimate of drug-likeness (QED) is 0.227. The van der Waals surface area contributed by atoms with Crippen molar-refractivity contribution in [1.82, 2.24) is 5.43 Å². The minimum atomic E-state index is -0.532. The Morgan fingerprint density at radius 2 is 1.88 bits per heavy atom. The number of hydrazone groups is 1. The molecule has 166 valence electrons. The number of carbonyl (C=O) groups is 2. The lowest BCUT2D eigenvalue weighted by Crippen LogP contribution is -2.25. The SMILES string of the molecule is COC(=O)c1cc(-c2ccc(/C=N\NC(=O)CNc3cccc4ccccc34)o2)ccc1Cl. The van der Waals surface area contributed by atoms with Crippen LogP contribution in [0.2, 0.25) is 5.02 Å². The van der Waals surface area contributed by atoms with Crippen molar-refractivity contribution in [2.24, 2.45) is 5.10 Å². The number of amides is 1. The van der Waals surface area contributed by atoms with E-state index in [1.54, 1.807) is 30.3 Å². The van der Waals surface area contributed by atoms with Crippen LogP contribution in [0.25, 0.3) is 22.1 Å². The fourth-order valence-electron chi connectivity index (χ4n) is 3.28. The summed E-state index contributed by atoms with van der Waals surface area (Å²) >= 11 is 6.06. The van der Waals surface area contributed by atoms with Gasteiger partial charge >= 0.3 is 5.97 Å². The summed E-state index contributed by atoms with van der Waals surface area (Å²) in [6, 6.07) is 22.2. The molecule has 0 aliphatic heterocycles. The van der Waals surface area contributed by atoms with E-state index < -0.39 is 5.97 Å². The first kappa shape index (κ1) is 22.1. The molecule has 4 aromatic rings. The first-order valence-corrected chi connectivity index (χ1v) is 10.4. The van der Waals surface area contributed by atoms with Gasteiger partial charge in [-0.25, -0.2) is 10.2 Å². The molecule has 1 aromatic heterocycles. The number of halogens is 1. The lowest BCUT2D eigenvalue weighted by molar-refractivity contribution is -0.119. The molecule has 0 bridgehead atoms. The van der Waals surface area contributed by atoms with Crippen molar-refractivity contribution < 1.29 is 18.7 Å². The Bertz CT molecular complexity index is 1340. The topological polar surface area (TPSA) is 92.9 Å². The molecule has 3 aromatic carbocycles. The summed E-state index contributed by atoms with van der Waals surface area (Å²) in [5.74, 6) is 0.116. The van der Waals surface area contributed by atoms with Crippen molar-refractivity contribution in [2.75, 3.05) is 19.0 Å². The highest BCUT2D eigenvalue weighted by atomic mass is 35.5. The zero-order chi connectivity index (χ0) is 23.2. The van der Waals surface area contributed by atoms with E-state index in [9.17, 15) is 9.59 Å². The molecule has 7 nitrogen and oxygen atoms in total. The van der Waals surface area contributed by atoms with E-state index in [2.05, 4.69) is 15.8 Å². The Labute approximate surface area is 195 Å². The zero-order valence-electron chi connectivity index (χ0n) is 17.7. The maximum Gasteiger partial charge on any atom is 0.339 e. The number of ether oxygens (including phenoxy) is 1. The highest BCUT2D eigenvalue weighted by molar-refractivity contribution is 6.33. The van der Waals surface area contributed by atoms with Crippen LogP contribution in [-0.4, -0.2) is 31.7 Å². The number of nitrogens with zero attached hydrogens (tertiary/aromatic N) is 1. The standard InChI is InChI=1S/C25H20ClN3O4/c1-32-25(31)20-13-17(9-11-21(20)26)23-12-10-18(33-23)14-28-29-24(30)15-27-22-8-4-6-16-5-2-3-7-19(16)22/h2-14,27H,15H2,1H3,(H,29,30)/b28-14-. The van der Waals surface area contributed by atoms with Crippen LogP contribution in [0.5, 0.6) is 0 Å². The molecule has 0 aliphatic rings. The van der Waals surface area contributed by atoms with E-state index in [1.807, 2.05) is 42.5 Å². The molecule has 0 atom stereocenters. The van der Waals surface area contributed by atoms with E-state index in [4.69, 9.17) is 20.8 Å². The molecule has 0 aliphatic carbocycles. The summed E-state index contributed by atoms with van der Waals surface area (Å²) in [4.78, 5) is 24.0. The van der Waals surface area contributed by atoms with Crippen molar-refractivity contribution in [2.45, 2.75) is 0 Å². The fourth-order valence-corrected chi connectivity index (χ4v) is 3.48. The smallest absolute Gasteiger partial charge is 0.339 e. The van der Waals surface area contributed by atoms with E-state index in [-0.39, 0.29) is 18.0 Å². The Morgan fingerprint density at radius 3 is 2.73 bits per heavy atom. The molecule has 0 saturated carbocycles. The Balaban J connectivity index is 1.36. The summed E-state index contributed by atoms with van der Waals surface area (Å²) in [7, 11) is 1.29. The van der Waals surface area contributed by atoms with Crippen molar-refractivity contribution >= 4 is 46.2 Å². The molecular weight excluding hydrogens is 442 g/mol. The summed E-state index contributed by atoms with van der Waals surface area (Å²) in [5.41, 5.74) is 4.24. The molecule has 33 heavy (non-hydrogen) atoms. The molecular formula is C25H20ClN3O4. The van der Waals surface area contributed by atoms with E-state index in [0.29, 0.717) is 22.1 Å². The Hall–Kier alpha value is -4.10. The highest BCUT2D eigenvalue weighted by Gasteiger charge is 2.13. The number of hydrogen-bond donors (Lipinski definition) is 2. The predicted molar refractivity (Wildman–Crippen MR) is 129 cm³/mol. The van der Waals surface area contributed by atoms with Gasteiger partial charge in [-0.2, -0.15) is 5.10 Å². The van der Waals surface area contributed by atoms with Gasteiger partial charge in [0.1, 0.15) is 11.5 Å². The zero-order valence-corrected chi connectivity index (χ0v) is 18.4. The normalized spacial score (nSPS) is 11.0. The third-order valence-electron chi connectivity index (χ3n) is 4.89. The van der Waals surface area contributed by atoms with Crippen LogP contribution >= 0.6 is 11.6 Å². The van der Waals surface area contributed by atoms with Crippen LogP contribution in [0.3, 0.4) is 0 Å². The molecule has 0 unspecified atom stereocenters. The second-order valence-corrected chi connectivity index (χ2v) is 7.47. The molecule has 0 saturated heterocycles. The molecule has 0 fully saturated rings. The van der Waals surface area contributed by atoms with E-state index >= 15 is 0 Å². The van der Waals surface area contributed by atoms with Crippen LogP contribution in [0, 0.1) is 0 Å². The molecule has 1 amide bonds. The van der Waals surface area contributed by atoms with E-state index in [0.717, 1.165) is 16.5 Å². The van der Waals surface area contributed by atoms with Crippen LogP contribution in [0.4, 0.5) is 5.69 Å². The third kappa shape index (κ3) is 5.22. The number of carbonyl (C=O) groups excluding carboxylic acids is 2. The predicted octanol–water partition coefficient (Wildman–Crippen LogP) is 5.10. The van der Waals surface area contributed by atoms with Gasteiger partial charge in [0, 0.05) is 16.6 Å². The maximum atomic E-state index is 12.2. The average molecular weight is 462 g/mol. The highest BCUT2D eigenvalue weighted by Crippen LogP contribution is 2.27. The van der Waals surface area contributed by atoms with Gasteiger partial charge in [-0.1, -0.05) is 48.0 Å². The number of esters is 1. The Morgan fingerprint density at radius 1 is 1.06 bits per heavy atom. The van der Waals surface area contributed by atoms with Gasteiger partial charge in [0.15, 0.2) is 0 Å². The Kier molecular flexibility index (Phi) is 6.71. The first-order chi connectivity index (χ1) is 16.0. The minimum absolute atomic E-state index is 0.0653. The average Bonchev–Trinajstić information content (AvgIpc) is 3.31. The summed E-state index contributed by atoms with van der Waals surface area (Å²) in [5, 5.41) is 9.49. The van der Waals surface area contributed by atoms with Gasteiger partial charge in [-0.3, -0.25) is 4.79 Å². The minimum Gasteiger partial charge on any atom is -0.465 e. The van der Waals surface area contributed by atoms with Crippen LogP contribution < -0.4 is 10.7 Å². The van der Waals surface area contributed by atoms with Crippen molar-refractivity contribution in [3.8, 4) is 11.3 Å². The van der Waals surface area contributed by atoms with Crippen LogP contribution in [0.15, 0.2) is 82.3 Å². The van der Waals surface area contributed by atoms with Gasteiger partial charge in [-0.05, 0) is 41.8 Å². The van der Waals surface area contributed by atoms with E-state index in [1.165, 1.54) is 13.3 Å². The van der Waals surface area contributed by atoms with Crippen molar-refractivity contribution in [1.29, 1.82) is 0 Å². The fraction of sp³-hybridized carbons (Fsp3) is 0.0800. The number of fused-ring (bicyclic) bond motifs is 1. The molecule has 0 spiro atoms. The lowest BCUT2D eigenvalue weighted by Gasteiger charge is -2.08. The summed E-state index contributed by atoms with van der Waals surface area (Å²) in [6.45, 7) is 0.0653. The monoisotopic (exact) mass is 461 g/mol. The summed E-state index contributed by atoms with van der Waals surface area (Å²) < 4.78 is 10.5. The van der Waals surface area contributed by atoms with Gasteiger partial charge in [-0.15, -0.1) is 0 Å². The number of furan rings is 1. The maximum absolute atomic E-state index is 12.2. The molecule has 8 heteroatoms. The number of benzene rings is 3. The second kappa shape index (κ2) is 10.0. The largest absolute Gasteiger partial charge is 0.465 e. The van der Waals surface area contributed by atoms with Crippen molar-refractivity contribution in [3.63, 3.8) is 0 Å². The molecule has 0 radical (unpaired) electrons. The van der Waals surface area contributed by atoms with Gasteiger partial charge in [0.05, 0.1) is 30.5 Å². The number of methoxy groups -OCH3 is 1. The number of nitrogens with one attached hydrogen (secondary N) is 2. The third-order valence-corrected chi connectivity index (χ3v) is 5.22. The van der Waals surface area contributed by atoms with Crippen LogP contribution in [-0.2, 0) is 9.53 Å². The van der Waals surface area contributed by atoms with Crippen LogP contribution in [0.1, 0.15) is 16.1 Å². The van der Waals surface area contributed by atoms with Gasteiger partial charge < -0.3 is 14.5 Å². The molecule has 4 rings (SSSR count). The molecule has 1 heterocycles. The number of rotatable bonds is 7. The lowest BCUT2D eigenvalue weighted by atomic mass is 10.1. The van der Waals surface area contributed by atoms with Crippen molar-refractivity contribution in [3.05, 3.63) is 89.1 Å². The number of anilines is 1. The first-order valence-electron chi connectivity index (χ1n) is 10.1. The molecule has 2 N–H and O–H groups in total. The number of hydrogen-bond acceptors (Lipinski definition) is 6. The van der Waals surface area contributed by atoms with Gasteiger partial charge in [0.25, 0.3) is 5.91 Å². The summed E-state index contributed by atoms with van der Waals surface area (Å²) in [6.07, 6.45) is 1.40.